The highest BCUT2D eigenvalue weighted by atomic mass is 35.5. The van der Waals surface area contributed by atoms with E-state index in [4.69, 9.17) is 17.3 Å². The van der Waals surface area contributed by atoms with Gasteiger partial charge in [0.25, 0.3) is 5.91 Å². The first-order valence-electron chi connectivity index (χ1n) is 5.33. The van der Waals surface area contributed by atoms with Gasteiger partial charge in [-0.25, -0.2) is 0 Å². The third kappa shape index (κ3) is 4.28. The van der Waals surface area contributed by atoms with Crippen LogP contribution in [0.1, 0.15) is 23.2 Å². The lowest BCUT2D eigenvalue weighted by Crippen LogP contribution is -2.41. The van der Waals surface area contributed by atoms with Crippen LogP contribution in [0.25, 0.3) is 0 Å². The number of amides is 1. The van der Waals surface area contributed by atoms with Gasteiger partial charge in [0, 0.05) is 25.0 Å². The lowest BCUT2D eigenvalue weighted by molar-refractivity contribution is 0.0933. The monoisotopic (exact) mass is 311 g/mol. The van der Waals surface area contributed by atoms with Crippen molar-refractivity contribution >= 4 is 42.3 Å². The van der Waals surface area contributed by atoms with Crippen LogP contribution in [0.15, 0.2) is 18.5 Å². The van der Waals surface area contributed by atoms with Crippen molar-refractivity contribution in [3.8, 4) is 0 Å². The van der Waals surface area contributed by atoms with E-state index < -0.39 is 0 Å². The zero-order valence-electron chi connectivity index (χ0n) is 9.64. The molecule has 3 N–H and O–H groups in total. The molecule has 1 amide bonds. The summed E-state index contributed by atoms with van der Waals surface area (Å²) in [7, 11) is 0. The second-order valence-electron chi connectivity index (χ2n) is 4.01. The van der Waals surface area contributed by atoms with Gasteiger partial charge in [0.2, 0.25) is 0 Å². The third-order valence-corrected chi connectivity index (χ3v) is 3.08. The highest BCUT2D eigenvalue weighted by molar-refractivity contribution is 6.33. The molecular weight excluding hydrogens is 297 g/mol. The van der Waals surface area contributed by atoms with Crippen molar-refractivity contribution in [3.63, 3.8) is 0 Å². The summed E-state index contributed by atoms with van der Waals surface area (Å²) >= 11 is 5.89. The molecule has 0 radical (unpaired) electrons. The number of nitrogens with one attached hydrogen (secondary N) is 1. The van der Waals surface area contributed by atoms with Crippen molar-refractivity contribution in [1.29, 1.82) is 0 Å². The molecule has 7 heteroatoms. The number of pyridine rings is 1. The summed E-state index contributed by atoms with van der Waals surface area (Å²) in [6.45, 7) is 0.471. The second-order valence-corrected chi connectivity index (χ2v) is 4.42. The van der Waals surface area contributed by atoms with Gasteiger partial charge in [0.15, 0.2) is 0 Å². The van der Waals surface area contributed by atoms with Crippen LogP contribution in [0.2, 0.25) is 5.02 Å². The SMILES string of the molecule is Cl.Cl.NCC(NC(=O)c1ccncc1Cl)C1CC1. The van der Waals surface area contributed by atoms with Crippen molar-refractivity contribution in [3.05, 3.63) is 29.0 Å². The van der Waals surface area contributed by atoms with Gasteiger partial charge in [0.1, 0.15) is 0 Å². The van der Waals surface area contributed by atoms with E-state index in [0.717, 1.165) is 12.8 Å². The average molecular weight is 313 g/mol. The van der Waals surface area contributed by atoms with Crippen LogP contribution in [-0.2, 0) is 0 Å². The summed E-state index contributed by atoms with van der Waals surface area (Å²) in [5.41, 5.74) is 6.07. The van der Waals surface area contributed by atoms with Gasteiger partial charge in [-0.1, -0.05) is 11.6 Å². The van der Waals surface area contributed by atoms with Crippen LogP contribution < -0.4 is 11.1 Å². The Labute approximate surface area is 123 Å². The van der Waals surface area contributed by atoms with Gasteiger partial charge >= 0.3 is 0 Å². The number of carbonyl (C=O) groups is 1. The average Bonchev–Trinajstić information content (AvgIpc) is 3.10. The van der Waals surface area contributed by atoms with E-state index in [1.807, 2.05) is 0 Å². The van der Waals surface area contributed by atoms with E-state index in [0.29, 0.717) is 23.0 Å². The number of nitrogens with two attached hydrogens (primary N) is 1. The molecule has 1 unspecified atom stereocenters. The van der Waals surface area contributed by atoms with Crippen LogP contribution in [0.4, 0.5) is 0 Å². The molecule has 0 bridgehead atoms. The maximum atomic E-state index is 11.9. The van der Waals surface area contributed by atoms with Crippen LogP contribution in [-0.4, -0.2) is 23.5 Å². The number of hydrogen-bond donors (Lipinski definition) is 2. The topological polar surface area (TPSA) is 68.0 Å². The summed E-state index contributed by atoms with van der Waals surface area (Å²) in [6.07, 6.45) is 5.30. The smallest absolute Gasteiger partial charge is 0.253 e. The highest BCUT2D eigenvalue weighted by Crippen LogP contribution is 2.32. The van der Waals surface area contributed by atoms with Crippen molar-refractivity contribution in [2.24, 2.45) is 11.7 Å². The quantitative estimate of drug-likeness (QED) is 0.894. The first-order chi connectivity index (χ1) is 7.72. The van der Waals surface area contributed by atoms with Crippen molar-refractivity contribution in [2.45, 2.75) is 18.9 Å². The van der Waals surface area contributed by atoms with Crippen molar-refractivity contribution in [1.82, 2.24) is 10.3 Å². The van der Waals surface area contributed by atoms with Gasteiger partial charge in [-0.2, -0.15) is 0 Å². The number of nitrogens with zero attached hydrogens (tertiary/aromatic N) is 1. The van der Waals surface area contributed by atoms with E-state index >= 15 is 0 Å². The fourth-order valence-electron chi connectivity index (χ4n) is 1.67. The fourth-order valence-corrected chi connectivity index (χ4v) is 1.88. The molecule has 18 heavy (non-hydrogen) atoms. The van der Waals surface area contributed by atoms with Crippen molar-refractivity contribution in [2.75, 3.05) is 6.54 Å². The molecule has 1 fully saturated rings. The molecule has 1 aromatic rings. The normalized spacial score (nSPS) is 15.0. The molecule has 4 nitrogen and oxygen atoms in total. The number of rotatable bonds is 4. The van der Waals surface area contributed by atoms with E-state index in [2.05, 4.69) is 10.3 Å². The highest BCUT2D eigenvalue weighted by Gasteiger charge is 2.31. The van der Waals surface area contributed by atoms with E-state index in [1.54, 1.807) is 12.3 Å². The second kappa shape index (κ2) is 7.79. The largest absolute Gasteiger partial charge is 0.348 e. The predicted octanol–water partition coefficient (Wildman–Crippen LogP) is 2.05. The molecule has 0 aromatic carbocycles. The Balaban J connectivity index is 0.00000144. The Morgan fingerprint density at radius 3 is 2.72 bits per heavy atom. The van der Waals surface area contributed by atoms with Gasteiger partial charge in [-0.05, 0) is 24.8 Å². The molecule has 1 aliphatic carbocycles. The molecule has 102 valence electrons. The van der Waals surface area contributed by atoms with E-state index in [1.165, 1.54) is 6.20 Å². The molecule has 0 saturated heterocycles. The van der Waals surface area contributed by atoms with E-state index in [-0.39, 0.29) is 36.8 Å². The van der Waals surface area contributed by atoms with Crippen LogP contribution in [0.3, 0.4) is 0 Å². The number of hydrogen-bond acceptors (Lipinski definition) is 3. The summed E-state index contributed by atoms with van der Waals surface area (Å²) < 4.78 is 0. The van der Waals surface area contributed by atoms with Gasteiger partial charge < -0.3 is 11.1 Å². The fraction of sp³-hybridized carbons (Fsp3) is 0.455. The Bertz CT molecular complexity index is 399. The van der Waals surface area contributed by atoms with Crippen LogP contribution >= 0.6 is 36.4 Å². The molecule has 1 aliphatic rings. The Kier molecular flexibility index (Phi) is 7.55. The molecule has 1 saturated carbocycles. The minimum Gasteiger partial charge on any atom is -0.348 e. The number of halogens is 3. The number of aromatic nitrogens is 1. The Hall–Kier alpha value is -0.550. The number of carbonyl (C=O) groups excluding carboxylic acids is 1. The molecule has 0 aliphatic heterocycles. The van der Waals surface area contributed by atoms with Gasteiger partial charge in [-0.3, -0.25) is 9.78 Å². The minimum absolute atomic E-state index is 0. The molecule has 0 spiro atoms. The van der Waals surface area contributed by atoms with Gasteiger partial charge in [0.05, 0.1) is 10.6 Å². The van der Waals surface area contributed by atoms with Crippen molar-refractivity contribution < 1.29 is 4.79 Å². The summed E-state index contributed by atoms with van der Waals surface area (Å²) in [5, 5.41) is 3.28. The minimum atomic E-state index is -0.172. The van der Waals surface area contributed by atoms with Crippen LogP contribution in [0.5, 0.6) is 0 Å². The summed E-state index contributed by atoms with van der Waals surface area (Å²) in [4.78, 5) is 15.7. The predicted molar refractivity (Wildman–Crippen MR) is 76.8 cm³/mol. The Morgan fingerprint density at radius 1 is 1.56 bits per heavy atom. The maximum Gasteiger partial charge on any atom is 0.253 e. The molecule has 1 heterocycles. The summed E-state index contributed by atoms with van der Waals surface area (Å²) in [6, 6.07) is 1.68. The lowest BCUT2D eigenvalue weighted by Gasteiger charge is -2.16. The molecule has 1 atom stereocenters. The molecule has 2 rings (SSSR count). The van der Waals surface area contributed by atoms with Crippen LogP contribution in [0, 0.1) is 5.92 Å². The Morgan fingerprint density at radius 2 is 2.22 bits per heavy atom. The third-order valence-electron chi connectivity index (χ3n) is 2.78. The summed E-state index contributed by atoms with van der Waals surface area (Å²) in [5.74, 6) is 0.365. The van der Waals surface area contributed by atoms with Gasteiger partial charge in [-0.15, -0.1) is 24.8 Å². The zero-order valence-corrected chi connectivity index (χ0v) is 12.0. The molecule has 1 aromatic heterocycles. The standard InChI is InChI=1S/C11H14ClN3O.2ClH/c12-9-6-14-4-3-8(9)11(16)15-10(5-13)7-1-2-7;;/h3-4,6-7,10H,1-2,5,13H2,(H,15,16);2*1H. The zero-order chi connectivity index (χ0) is 11.5. The van der Waals surface area contributed by atoms with E-state index in [9.17, 15) is 4.79 Å². The maximum absolute atomic E-state index is 11.9. The first kappa shape index (κ1) is 17.4. The molecular formula is C11H16Cl3N3O. The lowest BCUT2D eigenvalue weighted by atomic mass is 10.1. The first-order valence-corrected chi connectivity index (χ1v) is 5.70.